The van der Waals surface area contributed by atoms with E-state index in [2.05, 4.69) is 4.98 Å². The summed E-state index contributed by atoms with van der Waals surface area (Å²) in [5.74, 6) is -0.428. The van der Waals surface area contributed by atoms with Crippen LogP contribution in [0.5, 0.6) is 0 Å². The lowest BCUT2D eigenvalue weighted by Crippen LogP contribution is -2.42. The molecule has 1 spiro atoms. The highest BCUT2D eigenvalue weighted by molar-refractivity contribution is 5.28. The number of ether oxygens (including phenoxy) is 2. The van der Waals surface area contributed by atoms with Gasteiger partial charge >= 0.3 is 0 Å². The Balaban J connectivity index is 1.80. The van der Waals surface area contributed by atoms with E-state index in [4.69, 9.17) is 9.47 Å². The molecule has 0 aromatic carbocycles. The van der Waals surface area contributed by atoms with Gasteiger partial charge in [0.1, 0.15) is 0 Å². The number of hydrogen-bond donors (Lipinski definition) is 1. The summed E-state index contributed by atoms with van der Waals surface area (Å²) in [6.07, 6.45) is 6.37. The maximum Gasteiger partial charge on any atom is 0.168 e. The Morgan fingerprint density at radius 1 is 1.17 bits per heavy atom. The van der Waals surface area contributed by atoms with E-state index in [1.54, 1.807) is 12.4 Å². The number of hydrogen-bond acceptors (Lipinski definition) is 4. The fourth-order valence-electron chi connectivity index (χ4n) is 3.05. The fourth-order valence-corrected chi connectivity index (χ4v) is 3.05. The molecule has 1 aromatic rings. The van der Waals surface area contributed by atoms with Crippen LogP contribution >= 0.6 is 0 Å². The standard InChI is InChI=1S/C14H19NO3/c1-11-2-7-15-10-12(11)13(16)3-5-14(6-4-13)17-8-9-18-14/h2,7,10,16H,3-6,8-9H2,1H3. The summed E-state index contributed by atoms with van der Waals surface area (Å²) in [6.45, 7) is 3.36. The van der Waals surface area contributed by atoms with Gasteiger partial charge in [-0.05, 0) is 31.4 Å². The molecule has 1 aliphatic heterocycles. The zero-order valence-electron chi connectivity index (χ0n) is 10.7. The average Bonchev–Trinajstić information content (AvgIpc) is 2.83. The SMILES string of the molecule is Cc1ccncc1C1(O)CCC2(CC1)OCCO2. The molecule has 4 nitrogen and oxygen atoms in total. The van der Waals surface area contributed by atoms with E-state index in [-0.39, 0.29) is 0 Å². The van der Waals surface area contributed by atoms with E-state index >= 15 is 0 Å². The number of aromatic nitrogens is 1. The van der Waals surface area contributed by atoms with Gasteiger partial charge in [0.25, 0.3) is 0 Å². The van der Waals surface area contributed by atoms with Crippen LogP contribution in [0.3, 0.4) is 0 Å². The first-order chi connectivity index (χ1) is 8.64. The highest BCUT2D eigenvalue weighted by Gasteiger charge is 2.46. The Kier molecular flexibility index (Phi) is 2.88. The predicted octanol–water partition coefficient (Wildman–Crippen LogP) is 1.89. The lowest BCUT2D eigenvalue weighted by molar-refractivity contribution is -0.204. The molecular formula is C14H19NO3. The first kappa shape index (κ1) is 12.1. The van der Waals surface area contributed by atoms with Crippen molar-refractivity contribution in [3.05, 3.63) is 29.6 Å². The molecule has 1 aliphatic carbocycles. The summed E-state index contributed by atoms with van der Waals surface area (Å²) in [5.41, 5.74) is 1.26. The van der Waals surface area contributed by atoms with Crippen molar-refractivity contribution in [2.45, 2.75) is 44.0 Å². The number of pyridine rings is 1. The zero-order valence-corrected chi connectivity index (χ0v) is 10.7. The van der Waals surface area contributed by atoms with Crippen molar-refractivity contribution in [2.75, 3.05) is 13.2 Å². The Bertz CT molecular complexity index is 430. The van der Waals surface area contributed by atoms with Gasteiger partial charge in [-0.2, -0.15) is 0 Å². The third kappa shape index (κ3) is 1.94. The lowest BCUT2D eigenvalue weighted by Gasteiger charge is -2.41. The molecule has 2 aliphatic rings. The summed E-state index contributed by atoms with van der Waals surface area (Å²) in [5, 5.41) is 10.8. The largest absolute Gasteiger partial charge is 0.385 e. The van der Waals surface area contributed by atoms with Gasteiger partial charge < -0.3 is 14.6 Å². The summed E-state index contributed by atoms with van der Waals surface area (Å²) >= 11 is 0. The summed E-state index contributed by atoms with van der Waals surface area (Å²) in [4.78, 5) is 4.13. The van der Waals surface area contributed by atoms with Crippen LogP contribution in [0.1, 0.15) is 36.8 Å². The molecule has 1 aromatic heterocycles. The summed E-state index contributed by atoms with van der Waals surface area (Å²) in [7, 11) is 0. The molecule has 1 saturated carbocycles. The van der Waals surface area contributed by atoms with Crippen LogP contribution < -0.4 is 0 Å². The van der Waals surface area contributed by atoms with Gasteiger partial charge in [-0.15, -0.1) is 0 Å². The maximum atomic E-state index is 10.8. The van der Waals surface area contributed by atoms with Gasteiger partial charge in [-0.1, -0.05) is 0 Å². The van der Waals surface area contributed by atoms with Gasteiger partial charge in [0.05, 0.1) is 18.8 Å². The molecule has 0 unspecified atom stereocenters. The molecular weight excluding hydrogens is 230 g/mol. The van der Waals surface area contributed by atoms with Crippen LogP contribution in [0.2, 0.25) is 0 Å². The second kappa shape index (κ2) is 4.30. The van der Waals surface area contributed by atoms with Crippen LogP contribution in [-0.2, 0) is 15.1 Å². The molecule has 0 radical (unpaired) electrons. The van der Waals surface area contributed by atoms with Crippen LogP contribution in [0.15, 0.2) is 18.5 Å². The Labute approximate surface area is 107 Å². The van der Waals surface area contributed by atoms with E-state index in [9.17, 15) is 5.11 Å². The second-order valence-corrected chi connectivity index (χ2v) is 5.33. The Morgan fingerprint density at radius 2 is 1.83 bits per heavy atom. The van der Waals surface area contributed by atoms with Crippen molar-refractivity contribution in [1.82, 2.24) is 4.98 Å². The molecule has 1 saturated heterocycles. The van der Waals surface area contributed by atoms with Gasteiger partial charge in [0, 0.05) is 30.8 Å². The number of nitrogens with zero attached hydrogens (tertiary/aromatic N) is 1. The topological polar surface area (TPSA) is 51.6 Å². The monoisotopic (exact) mass is 249 g/mol. The average molecular weight is 249 g/mol. The van der Waals surface area contributed by atoms with Crippen LogP contribution in [0.4, 0.5) is 0 Å². The Hall–Kier alpha value is -0.970. The smallest absolute Gasteiger partial charge is 0.168 e. The minimum Gasteiger partial charge on any atom is -0.385 e. The van der Waals surface area contributed by atoms with E-state index in [1.807, 2.05) is 13.0 Å². The number of aryl methyl sites for hydroxylation is 1. The third-order valence-electron chi connectivity index (χ3n) is 4.19. The molecule has 0 amide bonds. The second-order valence-electron chi connectivity index (χ2n) is 5.33. The predicted molar refractivity (Wildman–Crippen MR) is 66.0 cm³/mol. The molecule has 2 fully saturated rings. The molecule has 0 bridgehead atoms. The zero-order chi connectivity index (χ0) is 12.6. The van der Waals surface area contributed by atoms with Gasteiger partial charge in [-0.3, -0.25) is 4.98 Å². The lowest BCUT2D eigenvalue weighted by atomic mass is 9.76. The minimum atomic E-state index is -0.779. The fraction of sp³-hybridized carbons (Fsp3) is 0.643. The molecule has 3 rings (SSSR count). The Morgan fingerprint density at radius 3 is 2.44 bits per heavy atom. The molecule has 2 heterocycles. The number of rotatable bonds is 1. The highest BCUT2D eigenvalue weighted by Crippen LogP contribution is 2.45. The van der Waals surface area contributed by atoms with Crippen molar-refractivity contribution in [3.8, 4) is 0 Å². The molecule has 98 valence electrons. The van der Waals surface area contributed by atoms with Crippen LogP contribution in [0.25, 0.3) is 0 Å². The first-order valence-corrected chi connectivity index (χ1v) is 6.55. The summed E-state index contributed by atoms with van der Waals surface area (Å²) in [6, 6.07) is 1.94. The van der Waals surface area contributed by atoms with E-state index < -0.39 is 11.4 Å². The highest BCUT2D eigenvalue weighted by atomic mass is 16.7. The molecule has 4 heteroatoms. The molecule has 1 N–H and O–H groups in total. The van der Waals surface area contributed by atoms with Crippen molar-refractivity contribution < 1.29 is 14.6 Å². The molecule has 18 heavy (non-hydrogen) atoms. The van der Waals surface area contributed by atoms with Gasteiger partial charge in [0.2, 0.25) is 0 Å². The first-order valence-electron chi connectivity index (χ1n) is 6.55. The van der Waals surface area contributed by atoms with Crippen molar-refractivity contribution >= 4 is 0 Å². The van der Waals surface area contributed by atoms with E-state index in [1.165, 1.54) is 0 Å². The van der Waals surface area contributed by atoms with Crippen LogP contribution in [0, 0.1) is 6.92 Å². The van der Waals surface area contributed by atoms with Gasteiger partial charge in [-0.25, -0.2) is 0 Å². The van der Waals surface area contributed by atoms with Crippen molar-refractivity contribution in [1.29, 1.82) is 0 Å². The van der Waals surface area contributed by atoms with Crippen molar-refractivity contribution in [2.24, 2.45) is 0 Å². The maximum absolute atomic E-state index is 10.8. The van der Waals surface area contributed by atoms with Crippen LogP contribution in [-0.4, -0.2) is 29.1 Å². The summed E-state index contributed by atoms with van der Waals surface area (Å²) < 4.78 is 11.4. The van der Waals surface area contributed by atoms with E-state index in [0.29, 0.717) is 26.1 Å². The quantitative estimate of drug-likeness (QED) is 0.826. The third-order valence-corrected chi connectivity index (χ3v) is 4.19. The molecule has 0 atom stereocenters. The van der Waals surface area contributed by atoms with E-state index in [0.717, 1.165) is 24.0 Å². The minimum absolute atomic E-state index is 0.428. The number of aliphatic hydroxyl groups is 1. The van der Waals surface area contributed by atoms with Gasteiger partial charge in [0.15, 0.2) is 5.79 Å². The normalized spacial score (nSPS) is 25.4. The van der Waals surface area contributed by atoms with Crippen molar-refractivity contribution in [3.63, 3.8) is 0 Å².